The molecule has 1 N–H and O–H groups in total. The number of rotatable bonds is 7. The highest BCUT2D eigenvalue weighted by molar-refractivity contribution is 5.60. The molecule has 154 valence electrons. The number of hydrogen-bond acceptors (Lipinski definition) is 1. The average molecular weight is 380 g/mol. The van der Waals surface area contributed by atoms with E-state index in [1.165, 1.54) is 24.0 Å². The van der Waals surface area contributed by atoms with Crippen LogP contribution in [0.1, 0.15) is 86.3 Å². The Kier molecular flexibility index (Phi) is 6.69. The molecule has 0 unspecified atom stereocenters. The monoisotopic (exact) mass is 379 g/mol. The number of nitrogens with one attached hydrogen (secondary N) is 1. The van der Waals surface area contributed by atoms with Crippen molar-refractivity contribution in [3.63, 3.8) is 0 Å². The number of benzene rings is 2. The van der Waals surface area contributed by atoms with Crippen LogP contribution in [0.15, 0.2) is 48.5 Å². The summed E-state index contributed by atoms with van der Waals surface area (Å²) < 4.78 is 0. The van der Waals surface area contributed by atoms with Gasteiger partial charge in [0.1, 0.15) is 0 Å². The van der Waals surface area contributed by atoms with Crippen LogP contribution in [0.5, 0.6) is 0 Å². The van der Waals surface area contributed by atoms with Gasteiger partial charge in [0.25, 0.3) is 0 Å². The van der Waals surface area contributed by atoms with Crippen LogP contribution >= 0.6 is 0 Å². The van der Waals surface area contributed by atoms with Gasteiger partial charge in [-0.15, -0.1) is 0 Å². The first-order valence-corrected chi connectivity index (χ1v) is 10.8. The quantitative estimate of drug-likeness (QED) is 0.508. The summed E-state index contributed by atoms with van der Waals surface area (Å²) in [5.41, 5.74) is 5.82. The van der Waals surface area contributed by atoms with E-state index in [9.17, 15) is 0 Å². The standard InChI is InChI=1S/C27H41N/c1-20(2)18-26(6,7)21-10-14-23(15-11-21)28-24-16-12-22(13-17-24)27(8,9)19-25(3,4)5/h10-17,20,28H,18-19H2,1-9H3. The molecule has 2 rings (SSSR count). The van der Waals surface area contributed by atoms with Crippen LogP contribution in [0.3, 0.4) is 0 Å². The molecular formula is C27H41N. The Morgan fingerprint density at radius 2 is 1.04 bits per heavy atom. The van der Waals surface area contributed by atoms with E-state index in [4.69, 9.17) is 0 Å². The molecule has 0 aromatic heterocycles. The minimum atomic E-state index is 0.181. The first-order chi connectivity index (χ1) is 12.8. The fraction of sp³-hybridized carbons (Fsp3) is 0.556. The largest absolute Gasteiger partial charge is 0.356 e. The maximum Gasteiger partial charge on any atom is 0.0384 e. The Morgan fingerprint density at radius 3 is 1.39 bits per heavy atom. The molecule has 0 saturated heterocycles. The summed E-state index contributed by atoms with van der Waals surface area (Å²) in [5.74, 6) is 0.703. The van der Waals surface area contributed by atoms with Crippen LogP contribution in [-0.4, -0.2) is 0 Å². The smallest absolute Gasteiger partial charge is 0.0384 e. The van der Waals surface area contributed by atoms with Crippen LogP contribution in [-0.2, 0) is 10.8 Å². The minimum absolute atomic E-state index is 0.181. The van der Waals surface area contributed by atoms with Crippen molar-refractivity contribution in [1.29, 1.82) is 0 Å². The lowest BCUT2D eigenvalue weighted by Crippen LogP contribution is -2.24. The molecule has 0 heterocycles. The summed E-state index contributed by atoms with van der Waals surface area (Å²) in [6.45, 7) is 20.9. The molecule has 0 aliphatic heterocycles. The molecule has 0 radical (unpaired) electrons. The maximum atomic E-state index is 3.55. The van der Waals surface area contributed by atoms with Gasteiger partial charge < -0.3 is 5.32 Å². The van der Waals surface area contributed by atoms with Gasteiger partial charge in [-0.05, 0) is 70.4 Å². The van der Waals surface area contributed by atoms with Gasteiger partial charge >= 0.3 is 0 Å². The van der Waals surface area contributed by atoms with E-state index >= 15 is 0 Å². The Balaban J connectivity index is 2.08. The predicted octanol–water partition coefficient (Wildman–Crippen LogP) is 8.47. The zero-order valence-corrected chi connectivity index (χ0v) is 19.6. The molecule has 0 bridgehead atoms. The van der Waals surface area contributed by atoms with Crippen LogP contribution in [0.25, 0.3) is 0 Å². The summed E-state index contributed by atoms with van der Waals surface area (Å²) >= 11 is 0. The minimum Gasteiger partial charge on any atom is -0.356 e. The van der Waals surface area contributed by atoms with Gasteiger partial charge in [-0.3, -0.25) is 0 Å². The van der Waals surface area contributed by atoms with Crippen molar-refractivity contribution in [1.82, 2.24) is 0 Å². The molecule has 0 saturated carbocycles. The van der Waals surface area contributed by atoms with Gasteiger partial charge in [-0.25, -0.2) is 0 Å². The molecule has 0 aliphatic carbocycles. The third kappa shape index (κ3) is 6.40. The first kappa shape index (κ1) is 22.5. The summed E-state index contributed by atoms with van der Waals surface area (Å²) in [6.07, 6.45) is 2.37. The summed E-state index contributed by atoms with van der Waals surface area (Å²) in [5, 5.41) is 3.55. The van der Waals surface area contributed by atoms with E-state index in [0.29, 0.717) is 11.3 Å². The van der Waals surface area contributed by atoms with Crippen LogP contribution in [0.2, 0.25) is 0 Å². The molecule has 0 aliphatic rings. The predicted molar refractivity (Wildman–Crippen MR) is 126 cm³/mol. The van der Waals surface area contributed by atoms with Gasteiger partial charge in [0, 0.05) is 11.4 Å². The molecule has 2 aromatic rings. The van der Waals surface area contributed by atoms with Gasteiger partial charge in [-0.1, -0.05) is 86.6 Å². The number of hydrogen-bond donors (Lipinski definition) is 1. The normalized spacial score (nSPS) is 13.1. The van der Waals surface area contributed by atoms with E-state index in [2.05, 4.69) is 116 Å². The molecule has 28 heavy (non-hydrogen) atoms. The Hall–Kier alpha value is -1.76. The lowest BCUT2D eigenvalue weighted by atomic mass is 9.72. The lowest BCUT2D eigenvalue weighted by molar-refractivity contribution is 0.284. The topological polar surface area (TPSA) is 12.0 Å². The third-order valence-electron chi connectivity index (χ3n) is 5.51. The average Bonchev–Trinajstić information content (AvgIpc) is 2.52. The third-order valence-corrected chi connectivity index (χ3v) is 5.51. The molecule has 0 atom stereocenters. The van der Waals surface area contributed by atoms with E-state index in [-0.39, 0.29) is 10.8 Å². The first-order valence-electron chi connectivity index (χ1n) is 10.8. The Labute approximate surface area is 174 Å². The maximum absolute atomic E-state index is 3.55. The second kappa shape index (κ2) is 8.31. The Bertz CT molecular complexity index is 740. The van der Waals surface area contributed by atoms with Crippen molar-refractivity contribution in [2.24, 2.45) is 11.3 Å². The van der Waals surface area contributed by atoms with Crippen molar-refractivity contribution < 1.29 is 0 Å². The molecular weight excluding hydrogens is 338 g/mol. The van der Waals surface area contributed by atoms with Gasteiger partial charge in [0.2, 0.25) is 0 Å². The van der Waals surface area contributed by atoms with Gasteiger partial charge in [-0.2, -0.15) is 0 Å². The van der Waals surface area contributed by atoms with Crippen molar-refractivity contribution in [2.45, 2.75) is 86.0 Å². The van der Waals surface area contributed by atoms with Crippen LogP contribution in [0.4, 0.5) is 11.4 Å². The van der Waals surface area contributed by atoms with Crippen LogP contribution in [0, 0.1) is 11.3 Å². The second-order valence-electron chi connectivity index (χ2n) is 11.4. The van der Waals surface area contributed by atoms with Gasteiger partial charge in [0.15, 0.2) is 0 Å². The van der Waals surface area contributed by atoms with E-state index in [1.54, 1.807) is 0 Å². The van der Waals surface area contributed by atoms with Crippen LogP contribution < -0.4 is 5.32 Å². The molecule has 1 nitrogen and oxygen atoms in total. The highest BCUT2D eigenvalue weighted by atomic mass is 14.9. The van der Waals surface area contributed by atoms with E-state index in [1.807, 2.05) is 0 Å². The van der Waals surface area contributed by atoms with Crippen molar-refractivity contribution in [3.8, 4) is 0 Å². The van der Waals surface area contributed by atoms with Crippen molar-refractivity contribution >= 4 is 11.4 Å². The fourth-order valence-electron chi connectivity index (χ4n) is 4.74. The molecule has 0 fully saturated rings. The summed E-state index contributed by atoms with van der Waals surface area (Å²) in [7, 11) is 0. The molecule has 1 heteroatoms. The fourth-order valence-corrected chi connectivity index (χ4v) is 4.74. The zero-order valence-electron chi connectivity index (χ0n) is 19.6. The van der Waals surface area contributed by atoms with Gasteiger partial charge in [0.05, 0.1) is 0 Å². The summed E-state index contributed by atoms with van der Waals surface area (Å²) in [6, 6.07) is 17.9. The molecule has 0 amide bonds. The van der Waals surface area contributed by atoms with E-state index < -0.39 is 0 Å². The number of anilines is 2. The highest BCUT2D eigenvalue weighted by Gasteiger charge is 2.27. The molecule has 2 aromatic carbocycles. The zero-order chi connectivity index (χ0) is 21.2. The lowest BCUT2D eigenvalue weighted by Gasteiger charge is -2.33. The molecule has 0 spiro atoms. The highest BCUT2D eigenvalue weighted by Crippen LogP contribution is 2.37. The SMILES string of the molecule is CC(C)CC(C)(C)c1ccc(Nc2ccc(C(C)(C)CC(C)(C)C)cc2)cc1. The van der Waals surface area contributed by atoms with E-state index in [0.717, 1.165) is 11.4 Å². The van der Waals surface area contributed by atoms with Crippen molar-refractivity contribution in [2.75, 3.05) is 5.32 Å². The Morgan fingerprint density at radius 1 is 0.643 bits per heavy atom. The van der Waals surface area contributed by atoms with Crippen molar-refractivity contribution in [3.05, 3.63) is 59.7 Å². The summed E-state index contributed by atoms with van der Waals surface area (Å²) in [4.78, 5) is 0. The second-order valence-corrected chi connectivity index (χ2v) is 11.4.